The number of aromatic nitrogens is 2. The summed E-state index contributed by atoms with van der Waals surface area (Å²) in [5.74, 6) is 0.907. The molecule has 0 saturated carbocycles. The Morgan fingerprint density at radius 2 is 0.742 bits per heavy atom. The van der Waals surface area contributed by atoms with Crippen molar-refractivity contribution in [2.45, 2.75) is 6.54 Å². The number of nitrogens with two attached hydrogens (primary N) is 1. The van der Waals surface area contributed by atoms with Crippen molar-refractivity contribution in [3.8, 4) is 33.6 Å². The van der Waals surface area contributed by atoms with Crippen molar-refractivity contribution in [3.63, 3.8) is 0 Å². The van der Waals surface area contributed by atoms with Gasteiger partial charge in [0, 0.05) is 43.8 Å². The largest absolute Gasteiger partial charge is 0.383 e. The molecule has 0 radical (unpaired) electrons. The summed E-state index contributed by atoms with van der Waals surface area (Å²) in [6.07, 6.45) is 0. The van der Waals surface area contributed by atoms with Crippen molar-refractivity contribution >= 4 is 55.3 Å². The molecule has 2 N–H and O–H groups in total. The Balaban J connectivity index is 1.21. The minimum Gasteiger partial charge on any atom is -0.383 e. The summed E-state index contributed by atoms with van der Waals surface area (Å²) in [5.41, 5.74) is 20.9. The topological polar surface area (TPSA) is 60.6 Å². The molecule has 11 rings (SSSR count). The van der Waals surface area contributed by atoms with E-state index in [4.69, 9.17) is 15.7 Å². The van der Waals surface area contributed by atoms with Crippen LogP contribution in [0, 0.1) is 0 Å². The number of benzene rings is 9. The van der Waals surface area contributed by atoms with E-state index >= 15 is 0 Å². The van der Waals surface area contributed by atoms with Gasteiger partial charge in [-0.05, 0) is 53.1 Å². The predicted molar refractivity (Wildman–Crippen MR) is 260 cm³/mol. The van der Waals surface area contributed by atoms with Gasteiger partial charge in [-0.2, -0.15) is 0 Å². The number of aliphatic imine (C=N–C) groups is 2. The fourth-order valence-corrected chi connectivity index (χ4v) is 9.09. The van der Waals surface area contributed by atoms with Crippen molar-refractivity contribution < 1.29 is 0 Å². The van der Waals surface area contributed by atoms with Gasteiger partial charge in [-0.25, -0.2) is 4.99 Å². The van der Waals surface area contributed by atoms with Crippen LogP contribution < -0.4 is 5.73 Å². The lowest BCUT2D eigenvalue weighted by Gasteiger charge is -2.20. The fourth-order valence-electron chi connectivity index (χ4n) is 9.09. The zero-order valence-corrected chi connectivity index (χ0v) is 33.9. The molecule has 2 aromatic heterocycles. The third kappa shape index (κ3) is 6.35. The second-order valence-corrected chi connectivity index (χ2v) is 15.5. The van der Waals surface area contributed by atoms with E-state index in [1.807, 2.05) is 6.07 Å². The highest BCUT2D eigenvalue weighted by molar-refractivity contribution is 6.18. The van der Waals surface area contributed by atoms with Crippen molar-refractivity contribution in [2.75, 3.05) is 0 Å². The van der Waals surface area contributed by atoms with Crippen molar-refractivity contribution in [1.29, 1.82) is 0 Å². The van der Waals surface area contributed by atoms with E-state index < -0.39 is 0 Å². The number of fused-ring (bicyclic) bond motifs is 6. The molecule has 0 fully saturated rings. The van der Waals surface area contributed by atoms with E-state index in [9.17, 15) is 0 Å². The predicted octanol–water partition coefficient (Wildman–Crippen LogP) is 13.6. The Kier molecular flexibility index (Phi) is 9.32. The summed E-state index contributed by atoms with van der Waals surface area (Å²) in [5, 5.41) is 4.70. The van der Waals surface area contributed by atoms with Gasteiger partial charge in [0.15, 0.2) is 5.84 Å². The fraction of sp³-hybridized carbons (Fsp3) is 0.0175. The molecule has 5 nitrogen and oxygen atoms in total. The highest BCUT2D eigenvalue weighted by Crippen LogP contribution is 2.40. The summed E-state index contributed by atoms with van der Waals surface area (Å²) < 4.78 is 4.73. The molecule has 0 atom stereocenters. The summed E-state index contributed by atoms with van der Waals surface area (Å²) >= 11 is 0. The first-order chi connectivity index (χ1) is 30.7. The van der Waals surface area contributed by atoms with Gasteiger partial charge in [-0.3, -0.25) is 4.99 Å². The molecule has 0 aliphatic rings. The van der Waals surface area contributed by atoms with Gasteiger partial charge in [-0.1, -0.05) is 188 Å². The highest BCUT2D eigenvalue weighted by Gasteiger charge is 2.24. The van der Waals surface area contributed by atoms with Gasteiger partial charge in [0.25, 0.3) is 0 Å². The van der Waals surface area contributed by atoms with Gasteiger partial charge < -0.3 is 14.9 Å². The van der Waals surface area contributed by atoms with E-state index in [0.29, 0.717) is 18.2 Å². The van der Waals surface area contributed by atoms with Crippen molar-refractivity contribution in [3.05, 3.63) is 241 Å². The maximum atomic E-state index is 7.49. The van der Waals surface area contributed by atoms with Gasteiger partial charge in [0.2, 0.25) is 0 Å². The molecule has 11 aromatic rings. The van der Waals surface area contributed by atoms with Gasteiger partial charge in [0.1, 0.15) is 5.84 Å². The van der Waals surface area contributed by atoms with E-state index in [1.165, 1.54) is 21.5 Å². The smallest absolute Gasteiger partial charge is 0.159 e. The van der Waals surface area contributed by atoms with Gasteiger partial charge >= 0.3 is 0 Å². The molecule has 0 amide bonds. The summed E-state index contributed by atoms with van der Waals surface area (Å²) in [6.45, 7) is 0.416. The Bertz CT molecular complexity index is 3380. The molecule has 0 unspecified atom stereocenters. The van der Waals surface area contributed by atoms with Crippen LogP contribution in [-0.4, -0.2) is 20.8 Å². The van der Waals surface area contributed by atoms with Crippen LogP contribution in [0.1, 0.15) is 16.7 Å². The van der Waals surface area contributed by atoms with E-state index in [1.54, 1.807) is 0 Å². The van der Waals surface area contributed by atoms with Crippen molar-refractivity contribution in [1.82, 2.24) is 9.13 Å². The van der Waals surface area contributed by atoms with Crippen LogP contribution in [0.15, 0.2) is 234 Å². The number of hydrogen-bond donors (Lipinski definition) is 1. The molecule has 0 aliphatic carbocycles. The molecule has 62 heavy (non-hydrogen) atoms. The molecular weight excluding hydrogens is 755 g/mol. The second-order valence-electron chi connectivity index (χ2n) is 15.5. The Labute approximate surface area is 360 Å². The van der Waals surface area contributed by atoms with E-state index in [-0.39, 0.29) is 0 Å². The summed E-state index contributed by atoms with van der Waals surface area (Å²) in [4.78, 5) is 10.9. The molecule has 0 aliphatic heterocycles. The lowest BCUT2D eigenvalue weighted by Crippen LogP contribution is -2.20. The minimum absolute atomic E-state index is 0.366. The highest BCUT2D eigenvalue weighted by atomic mass is 15.0. The molecule has 0 spiro atoms. The zero-order chi connectivity index (χ0) is 41.4. The number of para-hydroxylation sites is 6. The maximum Gasteiger partial charge on any atom is 0.159 e. The second kappa shape index (κ2) is 15.7. The van der Waals surface area contributed by atoms with Crippen LogP contribution in [-0.2, 0) is 6.54 Å². The first-order valence-corrected chi connectivity index (χ1v) is 21.0. The van der Waals surface area contributed by atoms with Gasteiger partial charge in [0.05, 0.1) is 40.0 Å². The number of hydrogen-bond acceptors (Lipinski definition) is 1. The summed E-state index contributed by atoms with van der Waals surface area (Å²) in [6, 6.07) is 78.7. The Hall–Kier alpha value is -8.28. The van der Waals surface area contributed by atoms with Crippen LogP contribution in [0.3, 0.4) is 0 Å². The lowest BCUT2D eigenvalue weighted by atomic mass is 9.98. The molecular formula is C57H41N5. The van der Waals surface area contributed by atoms with Crippen LogP contribution in [0.5, 0.6) is 0 Å². The lowest BCUT2D eigenvalue weighted by molar-refractivity contribution is 1.06. The average molecular weight is 796 g/mol. The monoisotopic (exact) mass is 795 g/mol. The Morgan fingerprint density at radius 1 is 0.371 bits per heavy atom. The molecule has 5 heteroatoms. The van der Waals surface area contributed by atoms with E-state index in [2.05, 4.69) is 228 Å². The zero-order valence-electron chi connectivity index (χ0n) is 33.9. The van der Waals surface area contributed by atoms with E-state index in [0.717, 1.165) is 72.4 Å². The first-order valence-electron chi connectivity index (χ1n) is 21.0. The van der Waals surface area contributed by atoms with Crippen LogP contribution in [0.2, 0.25) is 0 Å². The molecule has 0 bridgehead atoms. The maximum absolute atomic E-state index is 7.49. The molecule has 2 heterocycles. The Morgan fingerprint density at radius 3 is 1.19 bits per heavy atom. The van der Waals surface area contributed by atoms with Crippen LogP contribution in [0.25, 0.3) is 77.2 Å². The van der Waals surface area contributed by atoms with Crippen molar-refractivity contribution in [2.24, 2.45) is 15.7 Å². The SMILES string of the molecule is NC(=NC(=NCc1ccccc1)c1cccc(-c2ccccc2)c1-n1c2ccccc2c2ccccc21)c1cccc(-c2ccccc2)c1-n1c2ccccc2c2ccccc21. The third-order valence-corrected chi connectivity index (χ3v) is 11.8. The normalized spacial score (nSPS) is 12.2. The first kappa shape index (κ1) is 36.8. The number of amidine groups is 2. The molecule has 294 valence electrons. The average Bonchev–Trinajstić information content (AvgIpc) is 3.86. The molecule has 9 aromatic carbocycles. The minimum atomic E-state index is 0.366. The standard InChI is InChI=1S/C57H41N5/c58-56(48-32-18-30-42(40-22-6-2-7-23-40)54(48)61-50-34-14-10-26-44(50)45-27-11-15-35-51(45)61)60-57(59-38-39-20-4-1-5-21-39)49-33-19-31-43(41-24-8-3-9-25-41)55(49)62-52-36-16-12-28-46(52)47-29-13-17-37-53(47)62/h1-37H,38H2,(H2,58,59,60). The number of rotatable bonds is 8. The molecule has 0 saturated heterocycles. The third-order valence-electron chi connectivity index (χ3n) is 11.8. The van der Waals surface area contributed by atoms with Crippen LogP contribution >= 0.6 is 0 Å². The quantitative estimate of drug-likeness (QED) is 0.121. The summed E-state index contributed by atoms with van der Waals surface area (Å²) in [7, 11) is 0. The number of nitrogens with zero attached hydrogens (tertiary/aromatic N) is 4. The van der Waals surface area contributed by atoms with Crippen LogP contribution in [0.4, 0.5) is 0 Å². The van der Waals surface area contributed by atoms with Gasteiger partial charge in [-0.15, -0.1) is 0 Å².